The van der Waals surface area contributed by atoms with Crippen molar-refractivity contribution in [2.24, 2.45) is 0 Å². The molecule has 0 aliphatic carbocycles. The molecule has 1 aliphatic rings. The first-order chi connectivity index (χ1) is 13.9. The normalized spacial score (nSPS) is 16.6. The van der Waals surface area contributed by atoms with E-state index >= 15 is 0 Å². The maximum atomic E-state index is 5.91. The van der Waals surface area contributed by atoms with Gasteiger partial charge in [0, 0.05) is 18.0 Å². The Labute approximate surface area is 167 Å². The van der Waals surface area contributed by atoms with E-state index in [0.717, 1.165) is 55.1 Å². The van der Waals surface area contributed by atoms with Gasteiger partial charge in [0.15, 0.2) is 5.65 Å². The van der Waals surface area contributed by atoms with Crippen molar-refractivity contribution in [3.8, 4) is 5.69 Å². The molecule has 4 aromatic rings. The standard InChI is InChI=1S/C21H21N5OS/c1-2-6-16(7-3-1)26-21-19(12-24-26)20(22-15-23-21)25(13-17-8-4-10-27-17)14-18-9-5-11-28-18/h1-3,5-7,9,11-12,15,17H,4,8,10,13-14H2. The van der Waals surface area contributed by atoms with E-state index in [0.29, 0.717) is 0 Å². The summed E-state index contributed by atoms with van der Waals surface area (Å²) < 4.78 is 7.78. The van der Waals surface area contributed by atoms with Crippen molar-refractivity contribution in [2.75, 3.05) is 18.1 Å². The van der Waals surface area contributed by atoms with Crippen LogP contribution in [0.1, 0.15) is 17.7 Å². The molecule has 6 nitrogen and oxygen atoms in total. The number of hydrogen-bond acceptors (Lipinski definition) is 6. The van der Waals surface area contributed by atoms with Crippen LogP contribution in [0.4, 0.5) is 5.82 Å². The Kier molecular flexibility index (Phi) is 4.76. The molecule has 28 heavy (non-hydrogen) atoms. The number of benzene rings is 1. The van der Waals surface area contributed by atoms with Crippen molar-refractivity contribution in [2.45, 2.75) is 25.5 Å². The molecular weight excluding hydrogens is 370 g/mol. The SMILES string of the molecule is c1ccc(-n2ncc3c(N(Cc4cccs4)CC4CCCO4)ncnc32)cc1. The number of ether oxygens (including phenoxy) is 1. The lowest BCUT2D eigenvalue weighted by Crippen LogP contribution is -2.32. The Morgan fingerprint density at radius 2 is 2.07 bits per heavy atom. The summed E-state index contributed by atoms with van der Waals surface area (Å²) in [6.45, 7) is 2.48. The van der Waals surface area contributed by atoms with Crippen molar-refractivity contribution in [3.63, 3.8) is 0 Å². The molecule has 1 unspecified atom stereocenters. The zero-order valence-corrected chi connectivity index (χ0v) is 16.3. The Morgan fingerprint density at radius 3 is 2.86 bits per heavy atom. The van der Waals surface area contributed by atoms with Gasteiger partial charge in [0.05, 0.1) is 29.9 Å². The molecule has 1 aliphatic heterocycles. The minimum Gasteiger partial charge on any atom is -0.376 e. The van der Waals surface area contributed by atoms with Gasteiger partial charge in [-0.15, -0.1) is 11.3 Å². The smallest absolute Gasteiger partial charge is 0.168 e. The molecule has 1 atom stereocenters. The largest absolute Gasteiger partial charge is 0.376 e. The molecule has 0 saturated carbocycles. The van der Waals surface area contributed by atoms with E-state index in [2.05, 4.69) is 37.5 Å². The zero-order valence-electron chi connectivity index (χ0n) is 15.4. The van der Waals surface area contributed by atoms with Gasteiger partial charge in [-0.25, -0.2) is 14.6 Å². The van der Waals surface area contributed by atoms with Crippen molar-refractivity contribution in [3.05, 3.63) is 65.2 Å². The van der Waals surface area contributed by atoms with Crippen molar-refractivity contribution < 1.29 is 4.74 Å². The van der Waals surface area contributed by atoms with Gasteiger partial charge in [-0.05, 0) is 36.4 Å². The van der Waals surface area contributed by atoms with Gasteiger partial charge in [-0.3, -0.25) is 0 Å². The predicted octanol–water partition coefficient (Wildman–Crippen LogP) is 4.06. The fourth-order valence-electron chi connectivity index (χ4n) is 3.69. The van der Waals surface area contributed by atoms with Crippen LogP contribution in [0.2, 0.25) is 0 Å². The first-order valence-corrected chi connectivity index (χ1v) is 10.4. The quantitative estimate of drug-likeness (QED) is 0.496. The van der Waals surface area contributed by atoms with Crippen LogP contribution in [0.3, 0.4) is 0 Å². The maximum absolute atomic E-state index is 5.91. The van der Waals surface area contributed by atoms with E-state index in [1.54, 1.807) is 17.7 Å². The van der Waals surface area contributed by atoms with Crippen LogP contribution >= 0.6 is 11.3 Å². The average molecular weight is 392 g/mol. The molecular formula is C21H21N5OS. The molecule has 0 bridgehead atoms. The van der Waals surface area contributed by atoms with Crippen molar-refractivity contribution in [1.82, 2.24) is 19.7 Å². The third-order valence-electron chi connectivity index (χ3n) is 5.02. The average Bonchev–Trinajstić information content (AvgIpc) is 3.50. The molecule has 0 spiro atoms. The Bertz CT molecular complexity index is 1040. The number of hydrogen-bond donors (Lipinski definition) is 0. The lowest BCUT2D eigenvalue weighted by atomic mass is 10.2. The second-order valence-corrected chi connectivity index (χ2v) is 7.95. The number of thiophene rings is 1. The fraction of sp³-hybridized carbons (Fsp3) is 0.286. The van der Waals surface area contributed by atoms with Gasteiger partial charge in [-0.1, -0.05) is 24.3 Å². The molecule has 0 amide bonds. The van der Waals surface area contributed by atoms with Crippen molar-refractivity contribution >= 4 is 28.2 Å². The van der Waals surface area contributed by atoms with Crippen LogP contribution in [0.5, 0.6) is 0 Å². The maximum Gasteiger partial charge on any atom is 0.168 e. The summed E-state index contributed by atoms with van der Waals surface area (Å²) in [4.78, 5) is 12.8. The summed E-state index contributed by atoms with van der Waals surface area (Å²) >= 11 is 1.76. The fourth-order valence-corrected chi connectivity index (χ4v) is 4.41. The lowest BCUT2D eigenvalue weighted by Gasteiger charge is -2.26. The molecule has 7 heteroatoms. The van der Waals surface area contributed by atoms with Crippen LogP contribution in [0, 0.1) is 0 Å². The van der Waals surface area contributed by atoms with Crippen molar-refractivity contribution in [1.29, 1.82) is 0 Å². The van der Waals surface area contributed by atoms with E-state index in [9.17, 15) is 0 Å². The van der Waals surface area contributed by atoms with Crippen LogP contribution in [0.15, 0.2) is 60.4 Å². The molecule has 1 aromatic carbocycles. The monoisotopic (exact) mass is 391 g/mol. The first-order valence-electron chi connectivity index (χ1n) is 9.51. The minimum absolute atomic E-state index is 0.245. The van der Waals surface area contributed by atoms with E-state index in [4.69, 9.17) is 4.74 Å². The number of fused-ring (bicyclic) bond motifs is 1. The second-order valence-electron chi connectivity index (χ2n) is 6.92. The summed E-state index contributed by atoms with van der Waals surface area (Å²) in [5, 5.41) is 7.67. The molecule has 3 aromatic heterocycles. The molecule has 1 fully saturated rings. The number of rotatable bonds is 6. The van der Waals surface area contributed by atoms with Gasteiger partial charge in [-0.2, -0.15) is 5.10 Å². The topological polar surface area (TPSA) is 56.1 Å². The highest BCUT2D eigenvalue weighted by Gasteiger charge is 2.23. The van der Waals surface area contributed by atoms with Gasteiger partial charge in [0.1, 0.15) is 12.1 Å². The highest BCUT2D eigenvalue weighted by molar-refractivity contribution is 7.09. The number of para-hydroxylation sites is 1. The van der Waals surface area contributed by atoms with Gasteiger partial charge < -0.3 is 9.64 Å². The highest BCUT2D eigenvalue weighted by Crippen LogP contribution is 2.28. The second kappa shape index (κ2) is 7.69. The lowest BCUT2D eigenvalue weighted by molar-refractivity contribution is 0.115. The molecule has 142 valence electrons. The number of anilines is 1. The van der Waals surface area contributed by atoms with Gasteiger partial charge in [0.2, 0.25) is 0 Å². The molecule has 0 N–H and O–H groups in total. The highest BCUT2D eigenvalue weighted by atomic mass is 32.1. The Hall–Kier alpha value is -2.77. The molecule has 4 heterocycles. The Morgan fingerprint density at radius 1 is 1.14 bits per heavy atom. The summed E-state index contributed by atoms with van der Waals surface area (Å²) in [5.74, 6) is 0.913. The van der Waals surface area contributed by atoms with E-state index in [1.807, 2.05) is 41.2 Å². The van der Waals surface area contributed by atoms with E-state index in [1.165, 1.54) is 4.88 Å². The van der Waals surface area contributed by atoms with Gasteiger partial charge >= 0.3 is 0 Å². The number of aromatic nitrogens is 4. The summed E-state index contributed by atoms with van der Waals surface area (Å²) in [6.07, 6.45) is 5.97. The van der Waals surface area contributed by atoms with Crippen LogP contribution in [-0.2, 0) is 11.3 Å². The van der Waals surface area contributed by atoms with Crippen LogP contribution in [0.25, 0.3) is 16.7 Å². The Balaban J connectivity index is 1.55. The molecule has 5 rings (SSSR count). The van der Waals surface area contributed by atoms with E-state index in [-0.39, 0.29) is 6.10 Å². The van der Waals surface area contributed by atoms with Gasteiger partial charge in [0.25, 0.3) is 0 Å². The first kappa shape index (κ1) is 17.3. The minimum atomic E-state index is 0.245. The third-order valence-corrected chi connectivity index (χ3v) is 5.88. The third kappa shape index (κ3) is 3.39. The van der Waals surface area contributed by atoms with Crippen LogP contribution < -0.4 is 4.90 Å². The van der Waals surface area contributed by atoms with Crippen LogP contribution in [-0.4, -0.2) is 39.0 Å². The predicted molar refractivity (Wildman–Crippen MR) is 111 cm³/mol. The zero-order chi connectivity index (χ0) is 18.8. The number of nitrogens with zero attached hydrogens (tertiary/aromatic N) is 5. The molecule has 0 radical (unpaired) electrons. The summed E-state index contributed by atoms with van der Waals surface area (Å²) in [7, 11) is 0. The molecule has 1 saturated heterocycles. The summed E-state index contributed by atoms with van der Waals surface area (Å²) in [5.41, 5.74) is 1.81. The summed E-state index contributed by atoms with van der Waals surface area (Å²) in [6, 6.07) is 14.3. The van der Waals surface area contributed by atoms with E-state index < -0.39 is 0 Å².